The Morgan fingerprint density at radius 1 is 0.254 bits per heavy atom. The van der Waals surface area contributed by atoms with Crippen LogP contribution in [0, 0.1) is 0 Å². The van der Waals surface area contributed by atoms with Gasteiger partial charge in [-0.05, 0) is 126 Å². The Bertz CT molecular complexity index is 3870. The van der Waals surface area contributed by atoms with Crippen molar-refractivity contribution in [1.82, 2.24) is 0 Å². The zero-order valence-corrected chi connectivity index (χ0v) is 38.8. The van der Waals surface area contributed by atoms with Crippen LogP contribution in [0.5, 0.6) is 11.5 Å². The molecule has 12 aromatic rings. The quantitative estimate of drug-likeness (QED) is 0.158. The fourth-order valence-corrected chi connectivity index (χ4v) is 11.6. The summed E-state index contributed by atoms with van der Waals surface area (Å²) in [5, 5.41) is 4.57. The molecular formula is C69H45NO. The van der Waals surface area contributed by atoms with Crippen LogP contribution in [0.4, 0.5) is 17.1 Å². The van der Waals surface area contributed by atoms with E-state index in [0.29, 0.717) is 0 Å². The second-order valence-corrected chi connectivity index (χ2v) is 18.8. The number of rotatable bonds is 7. The molecule has 0 bridgehead atoms. The van der Waals surface area contributed by atoms with Gasteiger partial charge in [0.1, 0.15) is 11.5 Å². The Hall–Kier alpha value is -9.24. The van der Waals surface area contributed by atoms with Crippen molar-refractivity contribution in [2.45, 2.75) is 5.41 Å². The predicted molar refractivity (Wildman–Crippen MR) is 295 cm³/mol. The summed E-state index contributed by atoms with van der Waals surface area (Å²) >= 11 is 0. The molecule has 2 nitrogen and oxygen atoms in total. The van der Waals surface area contributed by atoms with Crippen LogP contribution >= 0.6 is 0 Å². The van der Waals surface area contributed by atoms with Crippen LogP contribution < -0.4 is 9.64 Å². The smallest absolute Gasteiger partial charge is 0.140 e. The summed E-state index contributed by atoms with van der Waals surface area (Å²) in [7, 11) is 0. The molecule has 2 heteroatoms. The summed E-state index contributed by atoms with van der Waals surface area (Å²) in [6.07, 6.45) is 0. The minimum absolute atomic E-state index is 0.605. The van der Waals surface area contributed by atoms with E-state index in [0.717, 1.165) is 50.5 Å². The Labute approximate surface area is 414 Å². The minimum Gasteiger partial charge on any atom is -0.455 e. The number of benzene rings is 12. The van der Waals surface area contributed by atoms with E-state index in [-0.39, 0.29) is 0 Å². The van der Waals surface area contributed by atoms with Gasteiger partial charge in [0, 0.05) is 39.0 Å². The average Bonchev–Trinajstić information content (AvgIpc) is 3.73. The molecule has 1 heterocycles. The maximum absolute atomic E-state index is 7.21. The molecule has 0 aromatic heterocycles. The highest BCUT2D eigenvalue weighted by atomic mass is 16.5. The van der Waals surface area contributed by atoms with E-state index in [2.05, 4.69) is 278 Å². The van der Waals surface area contributed by atoms with E-state index in [4.69, 9.17) is 4.74 Å². The minimum atomic E-state index is -0.605. The third-order valence-electron chi connectivity index (χ3n) is 14.9. The van der Waals surface area contributed by atoms with E-state index >= 15 is 0 Å². The molecule has 0 unspecified atom stereocenters. The van der Waals surface area contributed by atoms with Crippen molar-refractivity contribution in [3.63, 3.8) is 0 Å². The summed E-state index contributed by atoms with van der Waals surface area (Å²) in [5.41, 5.74) is 19.4. The molecule has 14 rings (SSSR count). The van der Waals surface area contributed by atoms with E-state index in [1.807, 2.05) is 0 Å². The van der Waals surface area contributed by atoms with Gasteiger partial charge in [0.25, 0.3) is 0 Å². The number of para-hydroxylation sites is 1. The summed E-state index contributed by atoms with van der Waals surface area (Å²) in [4.78, 5) is 2.38. The molecule has 1 aliphatic heterocycles. The number of anilines is 3. The van der Waals surface area contributed by atoms with Crippen molar-refractivity contribution in [2.24, 2.45) is 0 Å². The topological polar surface area (TPSA) is 12.5 Å². The van der Waals surface area contributed by atoms with Crippen LogP contribution in [-0.2, 0) is 5.41 Å². The van der Waals surface area contributed by atoms with Gasteiger partial charge in [0.15, 0.2) is 0 Å². The van der Waals surface area contributed by atoms with Crippen LogP contribution in [0.2, 0.25) is 0 Å². The summed E-state index contributed by atoms with van der Waals surface area (Å²) in [6.45, 7) is 0. The van der Waals surface area contributed by atoms with Crippen LogP contribution in [0.25, 0.3) is 77.2 Å². The number of nitrogens with zero attached hydrogens (tertiary/aromatic N) is 1. The van der Waals surface area contributed by atoms with Crippen LogP contribution in [-0.4, -0.2) is 0 Å². The number of hydrogen-bond acceptors (Lipinski definition) is 2. The molecular weight excluding hydrogens is 859 g/mol. The molecule has 12 aromatic carbocycles. The van der Waals surface area contributed by atoms with Gasteiger partial charge in [-0.3, -0.25) is 0 Å². The Balaban J connectivity index is 0.886. The monoisotopic (exact) mass is 903 g/mol. The van der Waals surface area contributed by atoms with Gasteiger partial charge in [-0.2, -0.15) is 0 Å². The maximum atomic E-state index is 7.21. The molecule has 0 amide bonds. The Kier molecular flexibility index (Phi) is 9.47. The van der Waals surface area contributed by atoms with Crippen LogP contribution in [0.1, 0.15) is 22.3 Å². The Morgan fingerprint density at radius 2 is 0.704 bits per heavy atom. The third-order valence-corrected chi connectivity index (χ3v) is 14.9. The van der Waals surface area contributed by atoms with Gasteiger partial charge in [-0.15, -0.1) is 0 Å². The number of hydrogen-bond donors (Lipinski definition) is 0. The van der Waals surface area contributed by atoms with Gasteiger partial charge in [0.05, 0.1) is 5.41 Å². The normalized spacial score (nSPS) is 12.7. The first-order valence-electron chi connectivity index (χ1n) is 24.5. The lowest BCUT2D eigenvalue weighted by atomic mass is 9.65. The number of ether oxygens (including phenoxy) is 1. The van der Waals surface area contributed by atoms with Crippen molar-refractivity contribution in [3.8, 4) is 67.1 Å². The van der Waals surface area contributed by atoms with Gasteiger partial charge >= 0.3 is 0 Å². The predicted octanol–water partition coefficient (Wildman–Crippen LogP) is 18.6. The highest BCUT2D eigenvalue weighted by Crippen LogP contribution is 2.64. The molecule has 2 aliphatic rings. The lowest BCUT2D eigenvalue weighted by Gasteiger charge is -2.40. The highest BCUT2D eigenvalue weighted by molar-refractivity contribution is 6.00. The lowest BCUT2D eigenvalue weighted by Crippen LogP contribution is -2.32. The zero-order valence-electron chi connectivity index (χ0n) is 38.8. The maximum Gasteiger partial charge on any atom is 0.140 e. The molecule has 0 saturated heterocycles. The van der Waals surface area contributed by atoms with E-state index in [1.54, 1.807) is 0 Å². The van der Waals surface area contributed by atoms with Crippen LogP contribution in [0.3, 0.4) is 0 Å². The second-order valence-electron chi connectivity index (χ2n) is 18.8. The van der Waals surface area contributed by atoms with Gasteiger partial charge in [-0.25, -0.2) is 0 Å². The fourth-order valence-electron chi connectivity index (χ4n) is 11.6. The molecule has 1 aliphatic carbocycles. The third kappa shape index (κ3) is 6.57. The van der Waals surface area contributed by atoms with Crippen molar-refractivity contribution in [3.05, 3.63) is 295 Å². The standard InChI is InChI=1S/C69H45NO/c1-4-17-46(18-5-1)54-41-55(47-19-6-2-7-20-47)44-58(43-54)70(56-24-8-3-9-25-56)57-26-16-23-52(42-57)48-31-33-49(34-32-48)53-35-38-62-61-29-14-15-30-63(61)69(66(62)45-53)64-39-36-50-21-10-12-27-59(50)67(64)71-68-60-28-13-11-22-51(60)37-40-65(68)69/h1-45H. The summed E-state index contributed by atoms with van der Waals surface area (Å²) in [5.74, 6) is 1.86. The molecule has 0 saturated carbocycles. The zero-order chi connectivity index (χ0) is 46.9. The van der Waals surface area contributed by atoms with Gasteiger partial charge < -0.3 is 9.64 Å². The second kappa shape index (κ2) is 16.5. The Morgan fingerprint density at radius 3 is 1.32 bits per heavy atom. The molecule has 71 heavy (non-hydrogen) atoms. The molecule has 0 radical (unpaired) electrons. The van der Waals surface area contributed by atoms with Gasteiger partial charge in [0.2, 0.25) is 0 Å². The first-order valence-corrected chi connectivity index (χ1v) is 24.5. The lowest BCUT2D eigenvalue weighted by molar-refractivity contribution is 0.447. The summed E-state index contributed by atoms with van der Waals surface area (Å²) in [6, 6.07) is 99.6. The number of fused-ring (bicyclic) bond motifs is 13. The largest absolute Gasteiger partial charge is 0.455 e. The molecule has 332 valence electrons. The fraction of sp³-hybridized carbons (Fsp3) is 0.0145. The van der Waals surface area contributed by atoms with Crippen LogP contribution in [0.15, 0.2) is 273 Å². The molecule has 0 N–H and O–H groups in total. The first kappa shape index (κ1) is 40.8. The van der Waals surface area contributed by atoms with E-state index in [1.165, 1.54) is 77.5 Å². The van der Waals surface area contributed by atoms with Crippen molar-refractivity contribution in [1.29, 1.82) is 0 Å². The SMILES string of the molecule is c1ccc(-c2cc(-c3ccccc3)cc(N(c3ccccc3)c3cccc(-c4ccc(-c5ccc6c(c5)C5(c7ccccc7-6)c6ccc7ccccc7c6Oc6c5ccc5ccccc65)cc4)c3)c2)cc1. The van der Waals surface area contributed by atoms with Gasteiger partial charge in [-0.1, -0.05) is 224 Å². The van der Waals surface area contributed by atoms with Crippen molar-refractivity contribution < 1.29 is 4.74 Å². The van der Waals surface area contributed by atoms with Crippen molar-refractivity contribution in [2.75, 3.05) is 4.90 Å². The average molecular weight is 904 g/mol. The summed E-state index contributed by atoms with van der Waals surface area (Å²) < 4.78 is 7.21. The van der Waals surface area contributed by atoms with E-state index < -0.39 is 5.41 Å². The molecule has 0 atom stereocenters. The molecule has 1 spiro atoms. The van der Waals surface area contributed by atoms with E-state index in [9.17, 15) is 0 Å². The highest BCUT2D eigenvalue weighted by Gasteiger charge is 2.52. The first-order chi connectivity index (χ1) is 35.2. The van der Waals surface area contributed by atoms with Crippen molar-refractivity contribution >= 4 is 38.6 Å². The molecule has 0 fully saturated rings.